The predicted molar refractivity (Wildman–Crippen MR) is 79.9 cm³/mol. The molecule has 19 heavy (non-hydrogen) atoms. The maximum Gasteiger partial charge on any atom is 0.127 e. The Morgan fingerprint density at radius 3 is 2.53 bits per heavy atom. The Labute approximate surface area is 117 Å². The lowest BCUT2D eigenvalue weighted by atomic mass is 9.93. The third-order valence-corrected chi connectivity index (χ3v) is 2.95. The van der Waals surface area contributed by atoms with Crippen molar-refractivity contribution in [3.8, 4) is 11.5 Å². The van der Waals surface area contributed by atoms with Crippen LogP contribution in [-0.4, -0.2) is 20.3 Å². The largest absolute Gasteiger partial charge is 0.497 e. The summed E-state index contributed by atoms with van der Waals surface area (Å²) in [5.41, 5.74) is 1.47. The molecule has 3 nitrogen and oxygen atoms in total. The second kappa shape index (κ2) is 7.39. The van der Waals surface area contributed by atoms with Gasteiger partial charge in [0.15, 0.2) is 0 Å². The predicted octanol–water partition coefficient (Wildman–Crippen LogP) is 3.62. The molecule has 0 saturated carbocycles. The summed E-state index contributed by atoms with van der Waals surface area (Å²) in [5, 5.41) is 3.33. The van der Waals surface area contributed by atoms with Crippen molar-refractivity contribution in [2.24, 2.45) is 5.41 Å². The first kappa shape index (κ1) is 15.8. The van der Waals surface area contributed by atoms with Crippen LogP contribution in [0.5, 0.6) is 11.5 Å². The van der Waals surface area contributed by atoms with E-state index in [0.717, 1.165) is 37.6 Å². The van der Waals surface area contributed by atoms with Gasteiger partial charge in [-0.15, -0.1) is 0 Å². The Morgan fingerprint density at radius 2 is 1.95 bits per heavy atom. The van der Waals surface area contributed by atoms with Crippen molar-refractivity contribution in [3.63, 3.8) is 0 Å². The highest BCUT2D eigenvalue weighted by atomic mass is 16.5. The molecule has 1 aromatic rings. The first-order valence-electron chi connectivity index (χ1n) is 6.96. The normalized spacial score (nSPS) is 11.4. The van der Waals surface area contributed by atoms with E-state index in [1.807, 2.05) is 12.1 Å². The molecule has 108 valence electrons. The van der Waals surface area contributed by atoms with Crippen molar-refractivity contribution in [3.05, 3.63) is 23.8 Å². The molecule has 1 aromatic carbocycles. The number of methoxy groups -OCH3 is 1. The van der Waals surface area contributed by atoms with Gasteiger partial charge in [-0.25, -0.2) is 0 Å². The van der Waals surface area contributed by atoms with E-state index in [1.165, 1.54) is 5.56 Å². The molecule has 0 spiro atoms. The molecule has 0 unspecified atom stereocenters. The van der Waals surface area contributed by atoms with Crippen molar-refractivity contribution in [1.82, 2.24) is 5.32 Å². The Balaban J connectivity index is 2.70. The quantitative estimate of drug-likeness (QED) is 0.817. The third kappa shape index (κ3) is 5.97. The molecule has 0 aliphatic heterocycles. The fourth-order valence-corrected chi connectivity index (χ4v) is 1.67. The fourth-order valence-electron chi connectivity index (χ4n) is 1.67. The lowest BCUT2D eigenvalue weighted by molar-refractivity contribution is 0.240. The van der Waals surface area contributed by atoms with Gasteiger partial charge in [-0.3, -0.25) is 0 Å². The van der Waals surface area contributed by atoms with Crippen LogP contribution in [-0.2, 0) is 6.54 Å². The summed E-state index contributed by atoms with van der Waals surface area (Å²) >= 11 is 0. The molecule has 0 aromatic heterocycles. The van der Waals surface area contributed by atoms with E-state index in [9.17, 15) is 0 Å². The highest BCUT2D eigenvalue weighted by Crippen LogP contribution is 2.26. The van der Waals surface area contributed by atoms with Crippen molar-refractivity contribution >= 4 is 0 Å². The number of benzene rings is 1. The van der Waals surface area contributed by atoms with E-state index in [0.29, 0.717) is 5.41 Å². The molecule has 0 aliphatic rings. The zero-order valence-electron chi connectivity index (χ0n) is 12.9. The van der Waals surface area contributed by atoms with Crippen molar-refractivity contribution in [2.75, 3.05) is 20.3 Å². The molecule has 0 amide bonds. The SMILES string of the molecule is CCNCc1ccc(OC)cc1OCCC(C)(C)C. The Kier molecular flexibility index (Phi) is 6.16. The van der Waals surface area contributed by atoms with Gasteiger partial charge in [-0.1, -0.05) is 33.8 Å². The fraction of sp³-hybridized carbons (Fsp3) is 0.625. The summed E-state index contributed by atoms with van der Waals surface area (Å²) in [4.78, 5) is 0. The molecule has 0 saturated heterocycles. The van der Waals surface area contributed by atoms with Crippen molar-refractivity contribution in [2.45, 2.75) is 40.7 Å². The summed E-state index contributed by atoms with van der Waals surface area (Å²) in [5.74, 6) is 1.76. The van der Waals surface area contributed by atoms with Crippen LogP contribution in [0.3, 0.4) is 0 Å². The highest BCUT2D eigenvalue weighted by Gasteiger charge is 2.11. The molecule has 0 bridgehead atoms. The summed E-state index contributed by atoms with van der Waals surface area (Å²) in [6, 6.07) is 6.01. The molecule has 0 fully saturated rings. The van der Waals surface area contributed by atoms with Crippen molar-refractivity contribution < 1.29 is 9.47 Å². The first-order chi connectivity index (χ1) is 8.96. The monoisotopic (exact) mass is 265 g/mol. The van der Waals surface area contributed by atoms with Gasteiger partial charge in [0.2, 0.25) is 0 Å². The minimum atomic E-state index is 0.292. The molecule has 1 N–H and O–H groups in total. The van der Waals surface area contributed by atoms with Gasteiger partial charge in [0.1, 0.15) is 11.5 Å². The lowest BCUT2D eigenvalue weighted by Gasteiger charge is -2.19. The second-order valence-electron chi connectivity index (χ2n) is 5.91. The zero-order valence-corrected chi connectivity index (χ0v) is 12.9. The number of hydrogen-bond acceptors (Lipinski definition) is 3. The van der Waals surface area contributed by atoms with Gasteiger partial charge >= 0.3 is 0 Å². The van der Waals surface area contributed by atoms with Crippen LogP contribution in [0.15, 0.2) is 18.2 Å². The van der Waals surface area contributed by atoms with E-state index in [4.69, 9.17) is 9.47 Å². The van der Waals surface area contributed by atoms with E-state index >= 15 is 0 Å². The summed E-state index contributed by atoms with van der Waals surface area (Å²) in [6.45, 7) is 11.3. The number of hydrogen-bond donors (Lipinski definition) is 1. The zero-order chi connectivity index (χ0) is 14.3. The Morgan fingerprint density at radius 1 is 1.21 bits per heavy atom. The second-order valence-corrected chi connectivity index (χ2v) is 5.91. The van der Waals surface area contributed by atoms with Crippen LogP contribution in [0.25, 0.3) is 0 Å². The number of rotatable bonds is 7. The van der Waals surface area contributed by atoms with Gasteiger partial charge in [0.05, 0.1) is 13.7 Å². The average molecular weight is 265 g/mol. The van der Waals surface area contributed by atoms with Crippen LogP contribution in [0, 0.1) is 5.41 Å². The van der Waals surface area contributed by atoms with E-state index in [1.54, 1.807) is 7.11 Å². The summed E-state index contributed by atoms with van der Waals surface area (Å²) < 4.78 is 11.2. The molecule has 1 rings (SSSR count). The van der Waals surface area contributed by atoms with E-state index < -0.39 is 0 Å². The van der Waals surface area contributed by atoms with Crippen molar-refractivity contribution in [1.29, 1.82) is 0 Å². The molecule has 0 heterocycles. The molecular weight excluding hydrogens is 238 g/mol. The number of ether oxygens (including phenoxy) is 2. The topological polar surface area (TPSA) is 30.5 Å². The maximum absolute atomic E-state index is 5.93. The van der Waals surface area contributed by atoms with Gasteiger partial charge in [-0.05, 0) is 24.4 Å². The van der Waals surface area contributed by atoms with Gasteiger partial charge in [-0.2, -0.15) is 0 Å². The molecule has 0 atom stereocenters. The van der Waals surface area contributed by atoms with E-state index in [2.05, 4.69) is 39.1 Å². The van der Waals surface area contributed by atoms with Gasteiger partial charge in [0.25, 0.3) is 0 Å². The summed E-state index contributed by atoms with van der Waals surface area (Å²) in [7, 11) is 1.68. The van der Waals surface area contributed by atoms with Gasteiger partial charge < -0.3 is 14.8 Å². The number of nitrogens with one attached hydrogen (secondary N) is 1. The van der Waals surface area contributed by atoms with Crippen LogP contribution in [0.4, 0.5) is 0 Å². The lowest BCUT2D eigenvalue weighted by Crippen LogP contribution is -2.15. The molecule has 3 heteroatoms. The minimum Gasteiger partial charge on any atom is -0.497 e. The Hall–Kier alpha value is -1.22. The van der Waals surface area contributed by atoms with E-state index in [-0.39, 0.29) is 0 Å². The smallest absolute Gasteiger partial charge is 0.127 e. The van der Waals surface area contributed by atoms with Crippen LogP contribution in [0.1, 0.15) is 39.7 Å². The van der Waals surface area contributed by atoms with Gasteiger partial charge in [0, 0.05) is 18.2 Å². The minimum absolute atomic E-state index is 0.292. The van der Waals surface area contributed by atoms with Crippen LogP contribution < -0.4 is 14.8 Å². The maximum atomic E-state index is 5.93. The van der Waals surface area contributed by atoms with Crippen LogP contribution >= 0.6 is 0 Å². The average Bonchev–Trinajstić information content (AvgIpc) is 2.35. The standard InChI is InChI=1S/C16H27NO2/c1-6-17-12-13-7-8-14(18-5)11-15(13)19-10-9-16(2,3)4/h7-8,11,17H,6,9-10,12H2,1-5H3. The molecule has 0 radical (unpaired) electrons. The summed E-state index contributed by atoms with van der Waals surface area (Å²) in [6.07, 6.45) is 1.03. The third-order valence-electron chi connectivity index (χ3n) is 2.95. The highest BCUT2D eigenvalue weighted by molar-refractivity contribution is 5.40. The molecular formula is C16H27NO2. The van der Waals surface area contributed by atoms with Crippen LogP contribution in [0.2, 0.25) is 0 Å². The first-order valence-corrected chi connectivity index (χ1v) is 6.96. The molecule has 0 aliphatic carbocycles. The Bertz CT molecular complexity index is 383.